The molecule has 0 radical (unpaired) electrons. The third-order valence-corrected chi connectivity index (χ3v) is 11.3. The molecule has 0 aromatic heterocycles. The predicted octanol–water partition coefficient (Wildman–Crippen LogP) is 5.98. The van der Waals surface area contributed by atoms with Crippen molar-refractivity contribution >= 4 is 65.0 Å². The van der Waals surface area contributed by atoms with Crippen LogP contribution in [0.5, 0.6) is 0 Å². The number of benzene rings is 2. The largest absolute Gasteiger partial charge is 0.443 e. The summed E-state index contributed by atoms with van der Waals surface area (Å²) in [6, 6.07) is 7.98. The minimum absolute atomic E-state index is 0.00161. The quantitative estimate of drug-likeness (QED) is 0.182. The molecule has 17 heteroatoms. The molecule has 2 aromatic carbocycles. The van der Waals surface area contributed by atoms with Gasteiger partial charge in [0.15, 0.2) is 0 Å². The first kappa shape index (κ1) is 46.2. The summed E-state index contributed by atoms with van der Waals surface area (Å²) in [6.45, 7) is 9.80. The number of fused-ring (bicyclic) bond motifs is 2. The Kier molecular flexibility index (Phi) is 13.7. The predicted molar refractivity (Wildman–Crippen MR) is 225 cm³/mol. The number of ketones is 1. The van der Waals surface area contributed by atoms with Crippen molar-refractivity contribution < 1.29 is 57.4 Å². The summed E-state index contributed by atoms with van der Waals surface area (Å²) in [4.78, 5) is 134. The van der Waals surface area contributed by atoms with Crippen LogP contribution in [0.25, 0.3) is 0 Å². The number of likely N-dealkylation sites (tertiary alicyclic amines) is 2. The molecule has 0 aliphatic carbocycles. The fourth-order valence-corrected chi connectivity index (χ4v) is 8.32. The Morgan fingerprint density at radius 3 is 1.60 bits per heavy atom. The van der Waals surface area contributed by atoms with Gasteiger partial charge in [-0.3, -0.25) is 38.4 Å². The van der Waals surface area contributed by atoms with Crippen LogP contribution in [0.1, 0.15) is 150 Å². The third kappa shape index (κ3) is 10.5. The molecule has 2 atom stereocenters. The van der Waals surface area contributed by atoms with E-state index in [0.29, 0.717) is 62.6 Å². The first-order valence-electron chi connectivity index (χ1n) is 21.5. The van der Waals surface area contributed by atoms with Gasteiger partial charge in [-0.05, 0) is 96.6 Å². The van der Waals surface area contributed by atoms with Crippen LogP contribution >= 0.6 is 0 Å². The fraction of sp³-hybridized carbons (Fsp3) is 0.522. The zero-order valence-electron chi connectivity index (χ0n) is 36.7. The van der Waals surface area contributed by atoms with Crippen molar-refractivity contribution in [2.45, 2.75) is 155 Å². The second kappa shape index (κ2) is 18.6. The van der Waals surface area contributed by atoms with Crippen molar-refractivity contribution in [3.63, 3.8) is 0 Å². The molecule has 4 aliphatic heterocycles. The summed E-state index contributed by atoms with van der Waals surface area (Å²) in [5.41, 5.74) is 1.16. The van der Waals surface area contributed by atoms with Gasteiger partial charge in [-0.25, -0.2) is 9.59 Å². The normalized spacial score (nSPS) is 19.1. The van der Waals surface area contributed by atoms with Gasteiger partial charge >= 0.3 is 12.2 Å². The van der Waals surface area contributed by atoms with Gasteiger partial charge in [0.1, 0.15) is 29.1 Å². The number of amides is 9. The van der Waals surface area contributed by atoms with Crippen molar-refractivity contribution in [2.75, 3.05) is 5.32 Å². The highest BCUT2D eigenvalue weighted by Gasteiger charge is 2.48. The molecule has 2 saturated heterocycles. The van der Waals surface area contributed by atoms with Crippen molar-refractivity contribution in [1.29, 1.82) is 0 Å². The molecule has 0 spiro atoms. The molecule has 336 valence electrons. The maximum Gasteiger partial charge on any atom is 0.424 e. The molecule has 2 aromatic rings. The number of nitrogens with zero attached hydrogens (tertiary/aromatic N) is 4. The van der Waals surface area contributed by atoms with E-state index in [1.165, 1.54) is 9.80 Å². The number of carbonyl (C=O) groups excluding carboxylic acids is 10. The van der Waals surface area contributed by atoms with Crippen molar-refractivity contribution in [3.8, 4) is 0 Å². The van der Waals surface area contributed by atoms with E-state index in [9.17, 15) is 47.9 Å². The lowest BCUT2D eigenvalue weighted by atomic mass is 9.97. The van der Waals surface area contributed by atoms with Crippen LogP contribution in [0.3, 0.4) is 0 Å². The van der Waals surface area contributed by atoms with E-state index in [2.05, 4.69) is 5.32 Å². The van der Waals surface area contributed by atoms with Gasteiger partial charge in [-0.1, -0.05) is 37.5 Å². The Morgan fingerprint density at radius 1 is 0.619 bits per heavy atom. The Labute approximate surface area is 365 Å². The Bertz CT molecular complexity index is 2100. The number of piperidine rings is 2. The first-order valence-corrected chi connectivity index (χ1v) is 21.5. The smallest absolute Gasteiger partial charge is 0.424 e. The highest BCUT2D eigenvalue weighted by molar-refractivity contribution is 6.15. The summed E-state index contributed by atoms with van der Waals surface area (Å²) in [5, 5.41) is 2.90. The molecule has 4 aliphatic rings. The van der Waals surface area contributed by atoms with Crippen LogP contribution in [-0.4, -0.2) is 102 Å². The second-order valence-corrected chi connectivity index (χ2v) is 18.4. The molecule has 2 unspecified atom stereocenters. The number of ether oxygens (including phenoxy) is 2. The first-order chi connectivity index (χ1) is 29.6. The van der Waals surface area contributed by atoms with Crippen LogP contribution in [0.2, 0.25) is 0 Å². The summed E-state index contributed by atoms with van der Waals surface area (Å²) in [7, 11) is 0. The van der Waals surface area contributed by atoms with Gasteiger partial charge in [-0.2, -0.15) is 9.80 Å². The van der Waals surface area contributed by atoms with Gasteiger partial charge in [0.2, 0.25) is 17.7 Å². The van der Waals surface area contributed by atoms with Crippen molar-refractivity contribution in [2.24, 2.45) is 0 Å². The highest BCUT2D eigenvalue weighted by atomic mass is 16.6. The molecule has 4 heterocycles. The standard InChI is InChI=1S/C46H55N5O12/c1-45(2,3)62-43(60)50-37(54)22-20-34(41(50)58)48-25-31-27(14-12-16-29(31)39(48)56)24-28(52)15-10-8-7-9-11-19-36(53)47-33-18-13-17-30-32(33)26-49(40(30)57)35-21-23-38(55)51(42(35)59)44(61)63-46(4,5)6/h12-14,16-18,34-35H,7-11,15,19-26H2,1-6H3,(H,47,53). The van der Waals surface area contributed by atoms with Crippen LogP contribution in [0.4, 0.5) is 15.3 Å². The Morgan fingerprint density at radius 2 is 1.08 bits per heavy atom. The lowest BCUT2D eigenvalue weighted by Crippen LogP contribution is -2.57. The van der Waals surface area contributed by atoms with E-state index >= 15 is 0 Å². The monoisotopic (exact) mass is 869 g/mol. The summed E-state index contributed by atoms with van der Waals surface area (Å²) >= 11 is 0. The molecule has 63 heavy (non-hydrogen) atoms. The molecule has 17 nitrogen and oxygen atoms in total. The van der Waals surface area contributed by atoms with E-state index in [0.717, 1.165) is 19.3 Å². The topological polar surface area (TPSA) is 214 Å². The van der Waals surface area contributed by atoms with E-state index in [4.69, 9.17) is 9.47 Å². The number of unbranched alkanes of at least 4 members (excludes halogenated alkanes) is 4. The third-order valence-electron chi connectivity index (χ3n) is 11.3. The highest BCUT2D eigenvalue weighted by Crippen LogP contribution is 2.35. The lowest BCUT2D eigenvalue weighted by molar-refractivity contribution is -0.152. The lowest BCUT2D eigenvalue weighted by Gasteiger charge is -2.35. The molecule has 2 fully saturated rings. The van der Waals surface area contributed by atoms with Gasteiger partial charge in [0.25, 0.3) is 23.6 Å². The minimum Gasteiger partial charge on any atom is -0.443 e. The number of hydrogen-bond acceptors (Lipinski definition) is 12. The van der Waals surface area contributed by atoms with E-state index in [1.807, 2.05) is 0 Å². The van der Waals surface area contributed by atoms with Gasteiger partial charge in [0, 0.05) is 67.6 Å². The van der Waals surface area contributed by atoms with Gasteiger partial charge in [0.05, 0.1) is 0 Å². The average Bonchev–Trinajstić information content (AvgIpc) is 3.70. The minimum atomic E-state index is -1.08. The van der Waals surface area contributed by atoms with Crippen molar-refractivity contribution in [3.05, 3.63) is 64.2 Å². The number of nitrogens with one attached hydrogen (secondary N) is 1. The van der Waals surface area contributed by atoms with E-state index in [-0.39, 0.29) is 63.3 Å². The summed E-state index contributed by atoms with van der Waals surface area (Å²) in [5.74, 6) is -4.09. The number of Topliss-reactive ketones (excluding diaryl/α,β-unsaturated/α-hetero) is 1. The molecule has 6 rings (SSSR count). The Hall–Kier alpha value is -6.26. The maximum atomic E-state index is 13.5. The van der Waals surface area contributed by atoms with Crippen LogP contribution < -0.4 is 5.32 Å². The average molecular weight is 870 g/mol. The summed E-state index contributed by atoms with van der Waals surface area (Å²) < 4.78 is 10.5. The van der Waals surface area contributed by atoms with E-state index in [1.54, 1.807) is 77.9 Å². The zero-order valence-corrected chi connectivity index (χ0v) is 36.7. The number of imide groups is 6. The molecular formula is C46H55N5O12. The summed E-state index contributed by atoms with van der Waals surface area (Å²) in [6.07, 6.45) is 1.96. The van der Waals surface area contributed by atoms with Gasteiger partial charge in [-0.15, -0.1) is 0 Å². The molecular weight excluding hydrogens is 815 g/mol. The van der Waals surface area contributed by atoms with E-state index < -0.39 is 70.9 Å². The van der Waals surface area contributed by atoms with Crippen LogP contribution in [0.15, 0.2) is 36.4 Å². The van der Waals surface area contributed by atoms with Crippen LogP contribution in [-0.2, 0) is 57.8 Å². The fourth-order valence-electron chi connectivity index (χ4n) is 8.32. The molecule has 0 bridgehead atoms. The number of rotatable bonds is 13. The Balaban J connectivity index is 0.929. The number of hydrogen-bond donors (Lipinski definition) is 1. The zero-order chi connectivity index (χ0) is 46.0. The molecule has 0 saturated carbocycles. The maximum absolute atomic E-state index is 13.5. The number of anilines is 1. The van der Waals surface area contributed by atoms with Crippen LogP contribution in [0, 0.1) is 0 Å². The SMILES string of the molecule is CC(C)(C)OC(=O)N1C(=O)CCC(N2Cc3c(CC(=O)CCCCCCCC(=O)Nc4cccc5c4CN(C4CCC(=O)N(C(=O)OC(C)(C)C)C4=O)C5=O)cccc3C2=O)C1=O. The van der Waals surface area contributed by atoms with Gasteiger partial charge < -0.3 is 24.6 Å². The van der Waals surface area contributed by atoms with Crippen molar-refractivity contribution in [1.82, 2.24) is 19.6 Å². The second-order valence-electron chi connectivity index (χ2n) is 18.4. The molecule has 1 N–H and O–H groups in total. The number of carbonyl (C=O) groups is 10. The molecule has 9 amide bonds.